The Kier molecular flexibility index (Phi) is 3.54. The maximum Gasteiger partial charge on any atom is 0.231 e. The number of nitrogens with zero attached hydrogens (tertiary/aromatic N) is 2. The van der Waals surface area contributed by atoms with Crippen molar-refractivity contribution in [2.75, 3.05) is 13.8 Å². The van der Waals surface area contributed by atoms with Crippen LogP contribution in [0.5, 0.6) is 11.5 Å². The van der Waals surface area contributed by atoms with Crippen molar-refractivity contribution in [1.29, 1.82) is 0 Å². The highest BCUT2D eigenvalue weighted by atomic mass is 35.5. The van der Waals surface area contributed by atoms with Crippen molar-refractivity contribution in [1.82, 2.24) is 14.9 Å². The normalized spacial score (nSPS) is 13.2. The molecule has 2 aromatic rings. The number of nitrogens with one attached hydrogen (secondary N) is 1. The summed E-state index contributed by atoms with van der Waals surface area (Å²) in [5.41, 5.74) is 2.08. The molecule has 5 nitrogen and oxygen atoms in total. The van der Waals surface area contributed by atoms with Gasteiger partial charge in [0.25, 0.3) is 0 Å². The molecule has 1 aromatic carbocycles. The van der Waals surface area contributed by atoms with Crippen LogP contribution in [0.3, 0.4) is 0 Å². The minimum absolute atomic E-state index is 0.261. The molecule has 0 amide bonds. The number of aromatic amines is 1. The second-order valence-electron chi connectivity index (χ2n) is 4.98. The summed E-state index contributed by atoms with van der Waals surface area (Å²) in [5.74, 6) is 2.41. The fourth-order valence-electron chi connectivity index (χ4n) is 2.23. The SMILES string of the molecule is Cc1cnc(CN(C)Cc2cc3c(cc2Cl)OCO3)[nH]1. The number of hydrogen-bond acceptors (Lipinski definition) is 4. The Morgan fingerprint density at radius 1 is 1.30 bits per heavy atom. The number of benzene rings is 1. The van der Waals surface area contributed by atoms with E-state index in [9.17, 15) is 0 Å². The predicted molar refractivity (Wildman–Crippen MR) is 76.1 cm³/mol. The van der Waals surface area contributed by atoms with E-state index >= 15 is 0 Å². The molecule has 2 heterocycles. The number of ether oxygens (including phenoxy) is 2. The van der Waals surface area contributed by atoms with E-state index in [0.717, 1.165) is 35.9 Å². The van der Waals surface area contributed by atoms with Gasteiger partial charge < -0.3 is 14.5 Å². The van der Waals surface area contributed by atoms with E-state index < -0.39 is 0 Å². The summed E-state index contributed by atoms with van der Waals surface area (Å²) in [6.07, 6.45) is 1.83. The third-order valence-corrected chi connectivity index (χ3v) is 3.51. The Hall–Kier alpha value is -1.72. The standard InChI is InChI=1S/C14H16ClN3O2/c1-9-5-16-14(17-9)7-18(2)6-10-3-12-13(4-11(10)15)20-8-19-12/h3-5H,6-8H2,1-2H3,(H,16,17). The van der Waals surface area contributed by atoms with Crippen molar-refractivity contribution in [2.24, 2.45) is 0 Å². The zero-order chi connectivity index (χ0) is 14.1. The highest BCUT2D eigenvalue weighted by molar-refractivity contribution is 6.31. The maximum absolute atomic E-state index is 6.27. The van der Waals surface area contributed by atoms with E-state index in [1.54, 1.807) is 0 Å². The van der Waals surface area contributed by atoms with Crippen LogP contribution in [0.4, 0.5) is 0 Å². The van der Waals surface area contributed by atoms with E-state index in [1.165, 1.54) is 0 Å². The van der Waals surface area contributed by atoms with E-state index in [1.807, 2.05) is 32.3 Å². The smallest absolute Gasteiger partial charge is 0.231 e. The predicted octanol–water partition coefficient (Wildman–Crippen LogP) is 2.73. The zero-order valence-corrected chi connectivity index (χ0v) is 12.2. The van der Waals surface area contributed by atoms with Gasteiger partial charge in [-0.1, -0.05) is 11.6 Å². The first kappa shape index (κ1) is 13.3. The molecule has 3 rings (SSSR count). The molecule has 0 saturated heterocycles. The Morgan fingerprint density at radius 3 is 2.75 bits per heavy atom. The zero-order valence-electron chi connectivity index (χ0n) is 11.4. The lowest BCUT2D eigenvalue weighted by Gasteiger charge is -2.16. The summed E-state index contributed by atoms with van der Waals surface area (Å²) in [6, 6.07) is 3.75. The molecular formula is C14H16ClN3O2. The molecule has 6 heteroatoms. The number of fused-ring (bicyclic) bond motifs is 1. The summed E-state index contributed by atoms with van der Waals surface area (Å²) in [7, 11) is 2.03. The van der Waals surface area contributed by atoms with Crippen LogP contribution in [0.2, 0.25) is 5.02 Å². The van der Waals surface area contributed by atoms with Crippen molar-refractivity contribution in [3.05, 3.63) is 40.4 Å². The molecule has 0 aliphatic carbocycles. The molecule has 0 radical (unpaired) electrons. The number of imidazole rings is 1. The van der Waals surface area contributed by atoms with Gasteiger partial charge in [-0.05, 0) is 25.6 Å². The van der Waals surface area contributed by atoms with Crippen molar-refractivity contribution < 1.29 is 9.47 Å². The Morgan fingerprint density at radius 2 is 2.05 bits per heavy atom. The van der Waals surface area contributed by atoms with Gasteiger partial charge >= 0.3 is 0 Å². The number of hydrogen-bond donors (Lipinski definition) is 1. The molecule has 0 saturated carbocycles. The average Bonchev–Trinajstić information content (AvgIpc) is 2.98. The van der Waals surface area contributed by atoms with Crippen molar-refractivity contribution in [2.45, 2.75) is 20.0 Å². The monoisotopic (exact) mass is 293 g/mol. The van der Waals surface area contributed by atoms with Gasteiger partial charge in [0.1, 0.15) is 5.82 Å². The van der Waals surface area contributed by atoms with Gasteiger partial charge in [0.15, 0.2) is 11.5 Å². The van der Waals surface area contributed by atoms with Gasteiger partial charge in [-0.2, -0.15) is 0 Å². The number of aryl methyl sites for hydroxylation is 1. The van der Waals surface area contributed by atoms with E-state index in [-0.39, 0.29) is 6.79 Å². The lowest BCUT2D eigenvalue weighted by Crippen LogP contribution is -2.18. The molecule has 0 unspecified atom stereocenters. The molecule has 0 spiro atoms. The first-order chi connectivity index (χ1) is 9.61. The summed E-state index contributed by atoms with van der Waals surface area (Å²) < 4.78 is 10.7. The molecule has 1 N–H and O–H groups in total. The molecule has 20 heavy (non-hydrogen) atoms. The first-order valence-electron chi connectivity index (χ1n) is 6.39. The number of H-pyrrole nitrogens is 1. The molecule has 1 aliphatic rings. The fraction of sp³-hybridized carbons (Fsp3) is 0.357. The summed E-state index contributed by atoms with van der Waals surface area (Å²) in [4.78, 5) is 9.66. The summed E-state index contributed by atoms with van der Waals surface area (Å²) in [5, 5.41) is 0.691. The quantitative estimate of drug-likeness (QED) is 0.942. The lowest BCUT2D eigenvalue weighted by molar-refractivity contribution is 0.174. The van der Waals surface area contributed by atoms with Crippen LogP contribution < -0.4 is 9.47 Å². The van der Waals surface area contributed by atoms with E-state index in [4.69, 9.17) is 21.1 Å². The van der Waals surface area contributed by atoms with Crippen LogP contribution >= 0.6 is 11.6 Å². The van der Waals surface area contributed by atoms with Crippen LogP contribution in [0.25, 0.3) is 0 Å². The summed E-state index contributed by atoms with van der Waals surface area (Å²) in [6.45, 7) is 3.70. The Balaban J connectivity index is 1.71. The maximum atomic E-state index is 6.27. The highest BCUT2D eigenvalue weighted by Crippen LogP contribution is 2.37. The molecule has 106 valence electrons. The van der Waals surface area contributed by atoms with Crippen LogP contribution in [-0.4, -0.2) is 28.7 Å². The molecular weight excluding hydrogens is 278 g/mol. The van der Waals surface area contributed by atoms with Crippen molar-refractivity contribution in [3.8, 4) is 11.5 Å². The van der Waals surface area contributed by atoms with Crippen molar-refractivity contribution >= 4 is 11.6 Å². The van der Waals surface area contributed by atoms with Gasteiger partial charge in [0, 0.05) is 29.5 Å². The van der Waals surface area contributed by atoms with Crippen LogP contribution in [0.1, 0.15) is 17.1 Å². The van der Waals surface area contributed by atoms with Crippen molar-refractivity contribution in [3.63, 3.8) is 0 Å². The molecule has 0 atom stereocenters. The first-order valence-corrected chi connectivity index (χ1v) is 6.76. The van der Waals surface area contributed by atoms with Crippen LogP contribution in [-0.2, 0) is 13.1 Å². The number of halogens is 1. The highest BCUT2D eigenvalue weighted by Gasteiger charge is 2.17. The molecule has 1 aliphatic heterocycles. The number of rotatable bonds is 4. The van der Waals surface area contributed by atoms with Gasteiger partial charge in [-0.15, -0.1) is 0 Å². The third kappa shape index (κ3) is 2.73. The van der Waals surface area contributed by atoms with E-state index in [0.29, 0.717) is 10.8 Å². The molecule has 0 fully saturated rings. The second kappa shape index (κ2) is 5.34. The largest absolute Gasteiger partial charge is 0.454 e. The minimum atomic E-state index is 0.261. The molecule has 1 aromatic heterocycles. The van der Waals surface area contributed by atoms with Gasteiger partial charge in [-0.25, -0.2) is 4.98 Å². The fourth-order valence-corrected chi connectivity index (χ4v) is 2.44. The summed E-state index contributed by atoms with van der Waals surface area (Å²) >= 11 is 6.27. The third-order valence-electron chi connectivity index (χ3n) is 3.16. The van der Waals surface area contributed by atoms with Gasteiger partial charge in [0.2, 0.25) is 6.79 Å². The lowest BCUT2D eigenvalue weighted by atomic mass is 10.2. The van der Waals surface area contributed by atoms with Gasteiger partial charge in [0.05, 0.1) is 6.54 Å². The Labute approximate surface area is 122 Å². The minimum Gasteiger partial charge on any atom is -0.454 e. The topological polar surface area (TPSA) is 50.4 Å². The molecule has 0 bridgehead atoms. The second-order valence-corrected chi connectivity index (χ2v) is 5.39. The van der Waals surface area contributed by atoms with Gasteiger partial charge in [-0.3, -0.25) is 4.90 Å². The Bertz CT molecular complexity index is 627. The van der Waals surface area contributed by atoms with Crippen LogP contribution in [0.15, 0.2) is 18.3 Å². The van der Waals surface area contributed by atoms with E-state index in [2.05, 4.69) is 14.9 Å². The van der Waals surface area contributed by atoms with Crippen LogP contribution in [0, 0.1) is 6.92 Å². The average molecular weight is 294 g/mol. The number of aromatic nitrogens is 2.